The number of nitrogens with zero attached hydrogens (tertiary/aromatic N) is 3. The number of hydrogen-bond donors (Lipinski definition) is 1. The zero-order chi connectivity index (χ0) is 19.4. The molecule has 0 saturated heterocycles. The first-order chi connectivity index (χ1) is 13.0. The molecule has 132 valence electrons. The van der Waals surface area contributed by atoms with Crippen molar-refractivity contribution in [3.63, 3.8) is 0 Å². The van der Waals surface area contributed by atoms with Crippen molar-refractivity contribution in [2.75, 3.05) is 0 Å². The molecule has 7 heteroatoms. The number of hydrogen-bond acceptors (Lipinski definition) is 3. The molecule has 0 atom stereocenters. The molecule has 0 aliphatic rings. The minimum atomic E-state index is -0.678. The Morgan fingerprint density at radius 1 is 1.19 bits per heavy atom. The second-order valence-electron chi connectivity index (χ2n) is 5.76. The van der Waals surface area contributed by atoms with E-state index in [2.05, 4.69) is 19.9 Å². The normalized spacial score (nSPS) is 10.1. The van der Waals surface area contributed by atoms with Gasteiger partial charge in [-0.2, -0.15) is 5.10 Å². The van der Waals surface area contributed by atoms with E-state index in [-0.39, 0.29) is 34.7 Å². The fourth-order valence-corrected chi connectivity index (χ4v) is 2.49. The molecular weight excluding hydrogens is 347 g/mol. The lowest BCUT2D eigenvalue weighted by Gasteiger charge is -2.12. The Hall–Kier alpha value is -3.97. The van der Waals surface area contributed by atoms with Crippen molar-refractivity contribution in [1.29, 1.82) is 0 Å². The van der Waals surface area contributed by atoms with Gasteiger partial charge < -0.3 is 4.74 Å². The lowest BCUT2D eigenvalue weighted by molar-refractivity contribution is 0.442. The SMILES string of the molecule is [C-]#[N+]c1cccc(Oc2c([N+]#[C-])ccc(Cc3cc(C)c(=O)[nH]n3)c2F)c1. The maximum absolute atomic E-state index is 15.0. The summed E-state index contributed by atoms with van der Waals surface area (Å²) in [6.45, 7) is 15.9. The summed E-state index contributed by atoms with van der Waals surface area (Å²) in [5.74, 6) is -0.615. The van der Waals surface area contributed by atoms with E-state index in [9.17, 15) is 4.79 Å². The van der Waals surface area contributed by atoms with Crippen LogP contribution in [0.1, 0.15) is 16.8 Å². The average Bonchev–Trinajstić information content (AvgIpc) is 2.68. The Labute approximate surface area is 154 Å². The third-order valence-electron chi connectivity index (χ3n) is 3.86. The van der Waals surface area contributed by atoms with Crippen LogP contribution >= 0.6 is 0 Å². The minimum Gasteiger partial charge on any atom is -0.467 e. The Balaban J connectivity index is 1.99. The number of aromatic nitrogens is 2. The second kappa shape index (κ2) is 7.51. The van der Waals surface area contributed by atoms with Crippen LogP contribution in [0.3, 0.4) is 0 Å². The Kier molecular flexibility index (Phi) is 4.96. The van der Waals surface area contributed by atoms with Gasteiger partial charge in [0, 0.05) is 12.0 Å². The molecule has 0 saturated carbocycles. The molecule has 3 rings (SSSR count). The number of benzene rings is 2. The molecule has 1 heterocycles. The summed E-state index contributed by atoms with van der Waals surface area (Å²) >= 11 is 0. The number of nitrogens with one attached hydrogen (secondary N) is 1. The fourth-order valence-electron chi connectivity index (χ4n) is 2.49. The monoisotopic (exact) mass is 360 g/mol. The molecule has 0 aliphatic carbocycles. The molecule has 27 heavy (non-hydrogen) atoms. The van der Waals surface area contributed by atoms with Gasteiger partial charge in [0.05, 0.1) is 18.8 Å². The van der Waals surface area contributed by atoms with Crippen LogP contribution in [-0.4, -0.2) is 10.2 Å². The highest BCUT2D eigenvalue weighted by Gasteiger charge is 2.17. The Bertz CT molecular complexity index is 1160. The summed E-state index contributed by atoms with van der Waals surface area (Å²) in [5, 5.41) is 6.28. The van der Waals surface area contributed by atoms with Gasteiger partial charge in [0.1, 0.15) is 5.75 Å². The lowest BCUT2D eigenvalue weighted by atomic mass is 10.1. The Morgan fingerprint density at radius 3 is 2.70 bits per heavy atom. The zero-order valence-electron chi connectivity index (χ0n) is 14.3. The van der Waals surface area contributed by atoms with E-state index in [0.717, 1.165) is 0 Å². The number of aryl methyl sites for hydroxylation is 1. The molecule has 0 radical (unpaired) electrons. The van der Waals surface area contributed by atoms with Crippen molar-refractivity contribution >= 4 is 11.4 Å². The summed E-state index contributed by atoms with van der Waals surface area (Å²) < 4.78 is 20.6. The van der Waals surface area contributed by atoms with E-state index in [1.165, 1.54) is 18.2 Å². The van der Waals surface area contributed by atoms with E-state index >= 15 is 4.39 Å². The molecule has 0 bridgehead atoms. The van der Waals surface area contributed by atoms with E-state index in [0.29, 0.717) is 16.9 Å². The van der Waals surface area contributed by atoms with Gasteiger partial charge in [0.15, 0.2) is 17.3 Å². The van der Waals surface area contributed by atoms with Gasteiger partial charge in [-0.15, -0.1) is 0 Å². The van der Waals surface area contributed by atoms with Crippen LogP contribution in [0.4, 0.5) is 15.8 Å². The third kappa shape index (κ3) is 3.83. The van der Waals surface area contributed by atoms with Crippen molar-refractivity contribution < 1.29 is 9.13 Å². The highest BCUT2D eigenvalue weighted by molar-refractivity contribution is 5.61. The van der Waals surface area contributed by atoms with E-state index < -0.39 is 5.82 Å². The largest absolute Gasteiger partial charge is 0.467 e. The molecule has 6 nitrogen and oxygen atoms in total. The number of rotatable bonds is 4. The molecule has 0 unspecified atom stereocenters. The van der Waals surface area contributed by atoms with Crippen LogP contribution in [0.5, 0.6) is 11.5 Å². The van der Waals surface area contributed by atoms with Crippen LogP contribution < -0.4 is 10.3 Å². The van der Waals surface area contributed by atoms with Crippen molar-refractivity contribution in [1.82, 2.24) is 10.2 Å². The van der Waals surface area contributed by atoms with Crippen molar-refractivity contribution in [3.8, 4) is 11.5 Å². The van der Waals surface area contributed by atoms with Gasteiger partial charge >= 0.3 is 0 Å². The number of aromatic amines is 1. The second-order valence-corrected chi connectivity index (χ2v) is 5.76. The highest BCUT2D eigenvalue weighted by Crippen LogP contribution is 2.37. The third-order valence-corrected chi connectivity index (χ3v) is 3.86. The summed E-state index contributed by atoms with van der Waals surface area (Å²) in [4.78, 5) is 18.0. The summed E-state index contributed by atoms with van der Waals surface area (Å²) in [6, 6.07) is 10.8. The molecule has 1 aromatic heterocycles. The minimum absolute atomic E-state index is 0.0232. The predicted molar refractivity (Wildman–Crippen MR) is 97.8 cm³/mol. The lowest BCUT2D eigenvalue weighted by Crippen LogP contribution is -2.13. The van der Waals surface area contributed by atoms with E-state index in [1.807, 2.05) is 0 Å². The molecule has 1 N–H and O–H groups in total. The summed E-state index contributed by atoms with van der Waals surface area (Å²) in [6.07, 6.45) is 0.125. The summed E-state index contributed by atoms with van der Waals surface area (Å²) in [5.41, 5.74) is 1.31. The first kappa shape index (κ1) is 17.8. The molecule has 0 amide bonds. The van der Waals surface area contributed by atoms with Gasteiger partial charge in [0.25, 0.3) is 5.56 Å². The number of ether oxygens (including phenoxy) is 1. The molecule has 2 aromatic carbocycles. The van der Waals surface area contributed by atoms with Crippen molar-refractivity contribution in [2.24, 2.45) is 0 Å². The molecule has 3 aromatic rings. The van der Waals surface area contributed by atoms with Crippen LogP contribution in [0.2, 0.25) is 0 Å². The van der Waals surface area contributed by atoms with Gasteiger partial charge in [-0.3, -0.25) is 4.79 Å². The maximum atomic E-state index is 15.0. The standard InChI is InChI=1S/C20H13FN4O2/c1-12-9-15(24-25-20(12)26)10-13-7-8-17(23-3)19(18(13)21)27-16-6-4-5-14(11-16)22-2/h4-9,11H,10H2,1H3,(H,25,26). The number of halogens is 1. The van der Waals surface area contributed by atoms with Crippen LogP contribution in [0.15, 0.2) is 47.3 Å². The van der Waals surface area contributed by atoms with Gasteiger partial charge in [-0.25, -0.2) is 19.2 Å². The maximum Gasteiger partial charge on any atom is 0.267 e. The van der Waals surface area contributed by atoms with E-state index in [4.69, 9.17) is 17.9 Å². The summed E-state index contributed by atoms with van der Waals surface area (Å²) in [7, 11) is 0. The van der Waals surface area contributed by atoms with Crippen molar-refractivity contribution in [2.45, 2.75) is 13.3 Å². The number of H-pyrrole nitrogens is 1. The fraction of sp³-hybridized carbons (Fsp3) is 0.100. The van der Waals surface area contributed by atoms with E-state index in [1.54, 1.807) is 31.2 Å². The van der Waals surface area contributed by atoms with Crippen LogP contribution in [0.25, 0.3) is 9.69 Å². The predicted octanol–water partition coefficient (Wildman–Crippen LogP) is 4.70. The smallest absolute Gasteiger partial charge is 0.267 e. The molecule has 0 aliphatic heterocycles. The first-order valence-electron chi connectivity index (χ1n) is 7.91. The average molecular weight is 360 g/mol. The van der Waals surface area contributed by atoms with Crippen LogP contribution in [0, 0.1) is 25.9 Å². The topological polar surface area (TPSA) is 63.7 Å². The highest BCUT2D eigenvalue weighted by atomic mass is 19.1. The van der Waals surface area contributed by atoms with Crippen LogP contribution in [-0.2, 0) is 6.42 Å². The quantitative estimate of drug-likeness (QED) is 0.686. The molecular formula is C20H13FN4O2. The van der Waals surface area contributed by atoms with Gasteiger partial charge in [-0.1, -0.05) is 24.3 Å². The van der Waals surface area contributed by atoms with Crippen molar-refractivity contribution in [3.05, 3.63) is 98.3 Å². The molecule has 0 fully saturated rings. The zero-order valence-corrected chi connectivity index (χ0v) is 14.3. The molecule has 0 spiro atoms. The van der Waals surface area contributed by atoms with Gasteiger partial charge in [0.2, 0.25) is 5.69 Å². The Morgan fingerprint density at radius 2 is 2.00 bits per heavy atom. The first-order valence-corrected chi connectivity index (χ1v) is 7.91. The van der Waals surface area contributed by atoms with Gasteiger partial charge in [-0.05, 0) is 30.7 Å².